The Morgan fingerprint density at radius 3 is 2.72 bits per heavy atom. The summed E-state index contributed by atoms with van der Waals surface area (Å²) < 4.78 is 16.7. The zero-order chi connectivity index (χ0) is 17.6. The summed E-state index contributed by atoms with van der Waals surface area (Å²) in [6.07, 6.45) is 0.103. The first-order valence-electron chi connectivity index (χ1n) is 8.12. The highest BCUT2D eigenvalue weighted by Crippen LogP contribution is 2.26. The minimum Gasteiger partial charge on any atom is -0.497 e. The molecule has 0 unspecified atom stereocenters. The van der Waals surface area contributed by atoms with Crippen molar-refractivity contribution in [3.63, 3.8) is 0 Å². The maximum Gasteiger partial charge on any atom is 0.247 e. The molecule has 0 aliphatic carbocycles. The number of para-hydroxylation sites is 2. The van der Waals surface area contributed by atoms with Crippen LogP contribution in [-0.2, 0) is 6.54 Å². The third-order valence-electron chi connectivity index (χ3n) is 3.46. The molecule has 0 atom stereocenters. The average molecular weight is 339 g/mol. The SMILES string of the molecule is COc1cccc(-c2nnc(CNc3ccccc3OC(C)C)o2)c1. The van der Waals surface area contributed by atoms with Gasteiger partial charge < -0.3 is 19.2 Å². The van der Waals surface area contributed by atoms with E-state index >= 15 is 0 Å². The second-order valence-corrected chi connectivity index (χ2v) is 5.75. The van der Waals surface area contributed by atoms with E-state index in [9.17, 15) is 0 Å². The van der Waals surface area contributed by atoms with Gasteiger partial charge >= 0.3 is 0 Å². The van der Waals surface area contributed by atoms with E-state index in [1.54, 1.807) is 7.11 Å². The number of methoxy groups -OCH3 is 1. The smallest absolute Gasteiger partial charge is 0.247 e. The van der Waals surface area contributed by atoms with Crippen molar-refractivity contribution >= 4 is 5.69 Å². The van der Waals surface area contributed by atoms with Crippen LogP contribution in [0.1, 0.15) is 19.7 Å². The van der Waals surface area contributed by atoms with Gasteiger partial charge in [0.05, 0.1) is 25.4 Å². The van der Waals surface area contributed by atoms with Crippen LogP contribution in [0.3, 0.4) is 0 Å². The van der Waals surface area contributed by atoms with Gasteiger partial charge in [-0.25, -0.2) is 0 Å². The molecular weight excluding hydrogens is 318 g/mol. The molecule has 0 radical (unpaired) electrons. The number of hydrogen-bond acceptors (Lipinski definition) is 6. The summed E-state index contributed by atoms with van der Waals surface area (Å²) in [6.45, 7) is 4.40. The quantitative estimate of drug-likeness (QED) is 0.697. The molecule has 0 bridgehead atoms. The van der Waals surface area contributed by atoms with Gasteiger partial charge in [-0.15, -0.1) is 10.2 Å². The Bertz CT molecular complexity index is 830. The fraction of sp³-hybridized carbons (Fsp3) is 0.263. The van der Waals surface area contributed by atoms with Crippen molar-refractivity contribution in [1.29, 1.82) is 0 Å². The highest BCUT2D eigenvalue weighted by Gasteiger charge is 2.11. The fourth-order valence-corrected chi connectivity index (χ4v) is 2.34. The molecule has 0 aliphatic rings. The molecule has 3 rings (SSSR count). The van der Waals surface area contributed by atoms with Crippen molar-refractivity contribution in [1.82, 2.24) is 10.2 Å². The van der Waals surface area contributed by atoms with Gasteiger partial charge in [0, 0.05) is 5.56 Å². The molecule has 0 fully saturated rings. The van der Waals surface area contributed by atoms with Gasteiger partial charge in [0.25, 0.3) is 0 Å². The third kappa shape index (κ3) is 4.29. The van der Waals surface area contributed by atoms with Crippen molar-refractivity contribution in [2.24, 2.45) is 0 Å². The predicted octanol–water partition coefficient (Wildman–Crippen LogP) is 4.14. The molecule has 6 nitrogen and oxygen atoms in total. The van der Waals surface area contributed by atoms with E-state index in [1.165, 1.54) is 0 Å². The number of rotatable bonds is 7. The van der Waals surface area contributed by atoms with E-state index in [0.29, 0.717) is 18.3 Å². The average Bonchev–Trinajstić information content (AvgIpc) is 3.09. The number of ether oxygens (including phenoxy) is 2. The minimum absolute atomic E-state index is 0.103. The first-order chi connectivity index (χ1) is 12.2. The van der Waals surface area contributed by atoms with Crippen LogP contribution < -0.4 is 14.8 Å². The summed E-state index contributed by atoms with van der Waals surface area (Å²) in [5.74, 6) is 2.50. The Kier molecular flexibility index (Phi) is 5.18. The molecule has 6 heteroatoms. The molecule has 3 aromatic rings. The summed E-state index contributed by atoms with van der Waals surface area (Å²) in [5, 5.41) is 11.5. The predicted molar refractivity (Wildman–Crippen MR) is 95.8 cm³/mol. The highest BCUT2D eigenvalue weighted by atomic mass is 16.5. The van der Waals surface area contributed by atoms with Gasteiger partial charge in [-0.1, -0.05) is 18.2 Å². The lowest BCUT2D eigenvalue weighted by Crippen LogP contribution is -2.08. The van der Waals surface area contributed by atoms with E-state index in [0.717, 1.165) is 22.7 Å². The molecular formula is C19H21N3O3. The van der Waals surface area contributed by atoms with E-state index in [2.05, 4.69) is 15.5 Å². The number of anilines is 1. The summed E-state index contributed by atoms with van der Waals surface area (Å²) in [5.41, 5.74) is 1.71. The summed E-state index contributed by atoms with van der Waals surface area (Å²) in [6, 6.07) is 15.3. The van der Waals surface area contributed by atoms with Gasteiger partial charge in [0.15, 0.2) is 0 Å². The highest BCUT2D eigenvalue weighted by molar-refractivity contribution is 5.57. The second-order valence-electron chi connectivity index (χ2n) is 5.75. The largest absolute Gasteiger partial charge is 0.497 e. The molecule has 2 aromatic carbocycles. The lowest BCUT2D eigenvalue weighted by molar-refractivity contribution is 0.243. The first-order valence-corrected chi connectivity index (χ1v) is 8.12. The molecule has 25 heavy (non-hydrogen) atoms. The van der Waals surface area contributed by atoms with Gasteiger partial charge in [0.2, 0.25) is 11.8 Å². The van der Waals surface area contributed by atoms with Gasteiger partial charge in [-0.3, -0.25) is 0 Å². The van der Waals surface area contributed by atoms with E-state index in [4.69, 9.17) is 13.9 Å². The monoisotopic (exact) mass is 339 g/mol. The van der Waals surface area contributed by atoms with E-state index in [-0.39, 0.29) is 6.10 Å². The maximum atomic E-state index is 5.79. The minimum atomic E-state index is 0.103. The van der Waals surface area contributed by atoms with Gasteiger partial charge in [0.1, 0.15) is 11.5 Å². The fourth-order valence-electron chi connectivity index (χ4n) is 2.34. The molecule has 1 N–H and O–H groups in total. The van der Waals surface area contributed by atoms with E-state index in [1.807, 2.05) is 62.4 Å². The number of hydrogen-bond donors (Lipinski definition) is 1. The molecule has 1 heterocycles. The molecule has 1 aromatic heterocycles. The molecule has 130 valence electrons. The Morgan fingerprint density at radius 2 is 1.92 bits per heavy atom. The summed E-state index contributed by atoms with van der Waals surface area (Å²) in [4.78, 5) is 0. The van der Waals surface area contributed by atoms with Crippen molar-refractivity contribution in [3.05, 3.63) is 54.4 Å². The lowest BCUT2D eigenvalue weighted by Gasteiger charge is -2.14. The van der Waals surface area contributed by atoms with Crippen LogP contribution in [0.5, 0.6) is 11.5 Å². The van der Waals surface area contributed by atoms with Gasteiger partial charge in [-0.2, -0.15) is 0 Å². The van der Waals surface area contributed by atoms with Crippen LogP contribution in [0.2, 0.25) is 0 Å². The third-order valence-corrected chi connectivity index (χ3v) is 3.46. The van der Waals surface area contributed by atoms with Crippen molar-refractivity contribution < 1.29 is 13.9 Å². The molecule has 0 saturated heterocycles. The number of nitrogens with zero attached hydrogens (tertiary/aromatic N) is 2. The Morgan fingerprint density at radius 1 is 1.08 bits per heavy atom. The van der Waals surface area contributed by atoms with Crippen LogP contribution in [-0.4, -0.2) is 23.4 Å². The number of benzene rings is 2. The Hall–Kier alpha value is -3.02. The first kappa shape index (κ1) is 16.8. The zero-order valence-electron chi connectivity index (χ0n) is 14.5. The maximum absolute atomic E-state index is 5.79. The number of aromatic nitrogens is 2. The second kappa shape index (κ2) is 7.70. The summed E-state index contributed by atoms with van der Waals surface area (Å²) in [7, 11) is 1.62. The molecule has 0 spiro atoms. The Balaban J connectivity index is 1.70. The molecule has 0 amide bonds. The lowest BCUT2D eigenvalue weighted by atomic mass is 10.2. The van der Waals surface area contributed by atoms with E-state index < -0.39 is 0 Å². The van der Waals surface area contributed by atoms with Crippen molar-refractivity contribution in [2.45, 2.75) is 26.5 Å². The zero-order valence-corrected chi connectivity index (χ0v) is 14.5. The Labute approximate surface area is 146 Å². The van der Waals surface area contributed by atoms with Gasteiger partial charge in [-0.05, 0) is 44.2 Å². The molecule has 0 saturated carbocycles. The van der Waals surface area contributed by atoms with Crippen LogP contribution in [0.4, 0.5) is 5.69 Å². The summed E-state index contributed by atoms with van der Waals surface area (Å²) >= 11 is 0. The standard InChI is InChI=1S/C19H21N3O3/c1-13(2)24-17-10-5-4-9-16(17)20-12-18-21-22-19(25-18)14-7-6-8-15(11-14)23-3/h4-11,13,20H,12H2,1-3H3. The van der Waals surface area contributed by atoms with Crippen LogP contribution in [0.25, 0.3) is 11.5 Å². The normalized spacial score (nSPS) is 10.7. The van der Waals surface area contributed by atoms with Crippen molar-refractivity contribution in [3.8, 4) is 23.0 Å². The van der Waals surface area contributed by atoms with Crippen LogP contribution >= 0.6 is 0 Å². The van der Waals surface area contributed by atoms with Crippen LogP contribution in [0.15, 0.2) is 52.9 Å². The number of nitrogens with one attached hydrogen (secondary N) is 1. The van der Waals surface area contributed by atoms with Crippen molar-refractivity contribution in [2.75, 3.05) is 12.4 Å². The topological polar surface area (TPSA) is 69.4 Å². The van der Waals surface area contributed by atoms with Crippen LogP contribution in [0, 0.1) is 0 Å². The molecule has 0 aliphatic heterocycles.